The highest BCUT2D eigenvalue weighted by Crippen LogP contribution is 2.13. The highest BCUT2D eigenvalue weighted by Gasteiger charge is 2.21. The lowest BCUT2D eigenvalue weighted by molar-refractivity contribution is 0.0593. The Balaban J connectivity index is 1.92. The number of benzene rings is 1. The maximum atomic E-state index is 12.7. The molecule has 0 aliphatic carbocycles. The molecule has 0 aromatic heterocycles. The molecule has 24 heavy (non-hydrogen) atoms. The molecule has 2 rings (SSSR count). The van der Waals surface area contributed by atoms with Crippen molar-refractivity contribution < 1.29 is 15.0 Å². The monoisotopic (exact) mass is 334 g/mol. The first-order valence-electron chi connectivity index (χ1n) is 8.89. The van der Waals surface area contributed by atoms with Crippen molar-refractivity contribution in [2.45, 2.75) is 32.8 Å². The van der Waals surface area contributed by atoms with E-state index >= 15 is 0 Å². The first kappa shape index (κ1) is 18.9. The molecule has 0 radical (unpaired) electrons. The minimum atomic E-state index is -0.708. The molecular formula is C19H30N2O3. The summed E-state index contributed by atoms with van der Waals surface area (Å²) in [7, 11) is 0. The molecule has 1 aromatic rings. The molecule has 1 aromatic carbocycles. The van der Waals surface area contributed by atoms with Gasteiger partial charge in [0.1, 0.15) is 0 Å². The summed E-state index contributed by atoms with van der Waals surface area (Å²) >= 11 is 0. The lowest BCUT2D eigenvalue weighted by atomic mass is 10.0. The zero-order valence-corrected chi connectivity index (χ0v) is 14.8. The molecular weight excluding hydrogens is 304 g/mol. The van der Waals surface area contributed by atoms with E-state index in [1.54, 1.807) is 0 Å². The second-order valence-electron chi connectivity index (χ2n) is 7.08. The van der Waals surface area contributed by atoms with Crippen LogP contribution in [-0.2, 0) is 6.42 Å². The molecule has 1 aliphatic heterocycles. The van der Waals surface area contributed by atoms with E-state index in [4.69, 9.17) is 5.11 Å². The molecule has 0 spiro atoms. The van der Waals surface area contributed by atoms with Gasteiger partial charge in [-0.2, -0.15) is 0 Å². The Bertz CT molecular complexity index is 516. The van der Waals surface area contributed by atoms with Gasteiger partial charge in [0.2, 0.25) is 0 Å². The van der Waals surface area contributed by atoms with Gasteiger partial charge in [-0.1, -0.05) is 26.0 Å². The van der Waals surface area contributed by atoms with Gasteiger partial charge >= 0.3 is 0 Å². The molecule has 1 aliphatic rings. The van der Waals surface area contributed by atoms with Crippen LogP contribution in [0.4, 0.5) is 0 Å². The van der Waals surface area contributed by atoms with E-state index in [1.165, 1.54) is 5.56 Å². The number of carbonyl (C=O) groups is 1. The summed E-state index contributed by atoms with van der Waals surface area (Å²) in [5.41, 5.74) is 2.01. The number of amides is 1. The number of hydrogen-bond acceptors (Lipinski definition) is 4. The van der Waals surface area contributed by atoms with E-state index in [1.807, 2.05) is 17.0 Å². The van der Waals surface area contributed by atoms with Crippen LogP contribution in [0.3, 0.4) is 0 Å². The lowest BCUT2D eigenvalue weighted by Crippen LogP contribution is -2.38. The quantitative estimate of drug-likeness (QED) is 0.825. The second-order valence-corrected chi connectivity index (χ2v) is 7.08. The molecule has 1 amide bonds. The van der Waals surface area contributed by atoms with Gasteiger partial charge in [-0.25, -0.2) is 0 Å². The molecule has 1 heterocycles. The third kappa shape index (κ3) is 5.58. The average molecular weight is 334 g/mol. The van der Waals surface area contributed by atoms with E-state index in [2.05, 4.69) is 30.9 Å². The van der Waals surface area contributed by atoms with Gasteiger partial charge in [-0.15, -0.1) is 0 Å². The van der Waals surface area contributed by atoms with Crippen LogP contribution in [0, 0.1) is 5.92 Å². The van der Waals surface area contributed by atoms with Gasteiger partial charge in [0, 0.05) is 31.7 Å². The average Bonchev–Trinajstić information content (AvgIpc) is 2.80. The number of hydrogen-bond donors (Lipinski definition) is 2. The van der Waals surface area contributed by atoms with Gasteiger partial charge in [-0.05, 0) is 43.0 Å². The Morgan fingerprint density at radius 1 is 1.12 bits per heavy atom. The Labute approximate surface area is 144 Å². The van der Waals surface area contributed by atoms with Crippen molar-refractivity contribution in [3.05, 3.63) is 35.4 Å². The first-order chi connectivity index (χ1) is 11.5. The third-order valence-electron chi connectivity index (χ3n) is 4.40. The number of nitrogens with zero attached hydrogens (tertiary/aromatic N) is 2. The van der Waals surface area contributed by atoms with Crippen molar-refractivity contribution in [3.63, 3.8) is 0 Å². The van der Waals surface area contributed by atoms with Gasteiger partial charge < -0.3 is 15.1 Å². The van der Waals surface area contributed by atoms with Gasteiger partial charge in [0.15, 0.2) is 0 Å². The maximum absolute atomic E-state index is 12.7. The summed E-state index contributed by atoms with van der Waals surface area (Å²) in [6, 6.07) is 7.96. The van der Waals surface area contributed by atoms with Crippen molar-refractivity contribution in [3.8, 4) is 0 Å². The highest BCUT2D eigenvalue weighted by molar-refractivity contribution is 5.94. The predicted octanol–water partition coefficient (Wildman–Crippen LogP) is 1.39. The summed E-state index contributed by atoms with van der Waals surface area (Å²) in [5, 5.41) is 18.5. The van der Waals surface area contributed by atoms with E-state index in [-0.39, 0.29) is 12.5 Å². The SMILES string of the molecule is CC(C)Cc1ccc(C(=O)N2CCCN(CC(O)CO)CC2)cc1. The summed E-state index contributed by atoms with van der Waals surface area (Å²) in [5.74, 6) is 0.688. The highest BCUT2D eigenvalue weighted by atomic mass is 16.3. The fraction of sp³-hybridized carbons (Fsp3) is 0.632. The minimum Gasteiger partial charge on any atom is -0.394 e. The van der Waals surface area contributed by atoms with Crippen molar-refractivity contribution in [2.75, 3.05) is 39.3 Å². The molecule has 1 atom stereocenters. The largest absolute Gasteiger partial charge is 0.394 e. The molecule has 1 unspecified atom stereocenters. The van der Waals surface area contributed by atoms with Crippen molar-refractivity contribution in [1.29, 1.82) is 0 Å². The molecule has 5 nitrogen and oxygen atoms in total. The Hall–Kier alpha value is -1.43. The summed E-state index contributed by atoms with van der Waals surface area (Å²) in [6.07, 6.45) is 1.20. The van der Waals surface area contributed by atoms with Crippen molar-refractivity contribution in [1.82, 2.24) is 9.80 Å². The van der Waals surface area contributed by atoms with Crippen LogP contribution in [0.5, 0.6) is 0 Å². The number of aliphatic hydroxyl groups is 2. The van der Waals surface area contributed by atoms with Crippen molar-refractivity contribution >= 4 is 5.91 Å². The van der Waals surface area contributed by atoms with Crippen LogP contribution in [0.2, 0.25) is 0 Å². The summed E-state index contributed by atoms with van der Waals surface area (Å²) in [4.78, 5) is 16.7. The Kier molecular flexibility index (Phi) is 7.21. The maximum Gasteiger partial charge on any atom is 0.253 e. The molecule has 1 fully saturated rings. The third-order valence-corrected chi connectivity index (χ3v) is 4.40. The predicted molar refractivity (Wildman–Crippen MR) is 95.0 cm³/mol. The van der Waals surface area contributed by atoms with Crippen LogP contribution < -0.4 is 0 Å². The zero-order chi connectivity index (χ0) is 17.5. The molecule has 134 valence electrons. The van der Waals surface area contributed by atoms with E-state index in [9.17, 15) is 9.90 Å². The minimum absolute atomic E-state index is 0.0793. The smallest absolute Gasteiger partial charge is 0.253 e. The van der Waals surface area contributed by atoms with Crippen LogP contribution >= 0.6 is 0 Å². The zero-order valence-electron chi connectivity index (χ0n) is 14.8. The van der Waals surface area contributed by atoms with E-state index < -0.39 is 6.10 Å². The molecule has 2 N–H and O–H groups in total. The van der Waals surface area contributed by atoms with E-state index in [0.29, 0.717) is 19.0 Å². The van der Waals surface area contributed by atoms with Crippen LogP contribution in [-0.4, -0.2) is 71.4 Å². The van der Waals surface area contributed by atoms with Crippen LogP contribution in [0.15, 0.2) is 24.3 Å². The van der Waals surface area contributed by atoms with Gasteiger partial charge in [0.25, 0.3) is 5.91 Å². The standard InChI is InChI=1S/C19H30N2O3/c1-15(2)12-16-4-6-17(7-5-16)19(24)21-9-3-8-20(10-11-21)13-18(23)14-22/h4-7,15,18,22-23H,3,8-14H2,1-2H3. The molecule has 1 saturated heterocycles. The van der Waals surface area contributed by atoms with Crippen LogP contribution in [0.1, 0.15) is 36.2 Å². The normalized spacial score (nSPS) is 17.8. The lowest BCUT2D eigenvalue weighted by Gasteiger charge is -2.23. The summed E-state index contributed by atoms with van der Waals surface area (Å²) in [6.45, 7) is 7.58. The fourth-order valence-electron chi connectivity index (χ4n) is 3.15. The number of rotatable bonds is 6. The number of carbonyl (C=O) groups excluding carboxylic acids is 1. The summed E-state index contributed by atoms with van der Waals surface area (Å²) < 4.78 is 0. The van der Waals surface area contributed by atoms with Gasteiger partial charge in [0.05, 0.1) is 12.7 Å². The fourth-order valence-corrected chi connectivity index (χ4v) is 3.15. The molecule has 0 saturated carbocycles. The first-order valence-corrected chi connectivity index (χ1v) is 8.89. The van der Waals surface area contributed by atoms with Crippen LogP contribution in [0.25, 0.3) is 0 Å². The van der Waals surface area contributed by atoms with Crippen molar-refractivity contribution in [2.24, 2.45) is 5.92 Å². The second kappa shape index (κ2) is 9.16. The number of β-amino-alcohol motifs (C(OH)–C–C–N with tert-alkyl or cyclic N) is 1. The topological polar surface area (TPSA) is 64.0 Å². The van der Waals surface area contributed by atoms with E-state index in [0.717, 1.165) is 38.0 Å². The number of aliphatic hydroxyl groups excluding tert-OH is 2. The molecule has 0 bridgehead atoms. The molecule has 5 heteroatoms. The Morgan fingerprint density at radius 3 is 2.46 bits per heavy atom. The Morgan fingerprint density at radius 2 is 1.83 bits per heavy atom. The van der Waals surface area contributed by atoms with Gasteiger partial charge in [-0.3, -0.25) is 9.69 Å².